The Hall–Kier alpha value is -4.30. The summed E-state index contributed by atoms with van der Waals surface area (Å²) in [6.07, 6.45) is 1.60. The first-order valence-corrected chi connectivity index (χ1v) is 12.0. The Bertz CT molecular complexity index is 1400. The van der Waals surface area contributed by atoms with Crippen molar-refractivity contribution in [3.63, 3.8) is 0 Å². The van der Waals surface area contributed by atoms with Crippen LogP contribution in [0.4, 0.5) is 5.69 Å². The third-order valence-corrected chi connectivity index (χ3v) is 6.05. The number of hydrogen-bond donors (Lipinski definition) is 1. The fourth-order valence-corrected chi connectivity index (χ4v) is 4.17. The van der Waals surface area contributed by atoms with Gasteiger partial charge in [-0.2, -0.15) is 0 Å². The van der Waals surface area contributed by atoms with E-state index in [0.29, 0.717) is 28.2 Å². The van der Waals surface area contributed by atoms with Crippen LogP contribution in [0.3, 0.4) is 0 Å². The van der Waals surface area contributed by atoms with Crippen molar-refractivity contribution in [3.8, 4) is 28.8 Å². The highest BCUT2D eigenvalue weighted by molar-refractivity contribution is 7.99. The Kier molecular flexibility index (Phi) is 6.63. The number of carbonyl (C=O) groups excluding carboxylic acids is 1. The van der Waals surface area contributed by atoms with Crippen LogP contribution in [0.5, 0.6) is 11.5 Å². The predicted octanol–water partition coefficient (Wildman–Crippen LogP) is 6.36. The number of anilines is 1. The molecule has 0 aliphatic heterocycles. The van der Waals surface area contributed by atoms with Crippen molar-refractivity contribution in [1.29, 1.82) is 0 Å². The SMILES string of the molecule is Cc1ccc(-n2c(SCC(=O)Nc3ccc(Oc4ccccc4)cc3)nnc2-c2ccco2)cc1. The molecule has 0 saturated heterocycles. The van der Waals surface area contributed by atoms with Crippen LogP contribution in [0, 0.1) is 6.92 Å². The van der Waals surface area contributed by atoms with Crippen LogP contribution in [0.25, 0.3) is 17.3 Å². The average molecular weight is 483 g/mol. The largest absolute Gasteiger partial charge is 0.461 e. The normalized spacial score (nSPS) is 10.8. The van der Waals surface area contributed by atoms with E-state index < -0.39 is 0 Å². The standard InChI is InChI=1S/C27H22N4O3S/c1-19-9-13-21(14-10-19)31-26(24-8-5-17-33-24)29-30-27(31)35-18-25(32)28-20-11-15-23(16-12-20)34-22-6-3-2-4-7-22/h2-17H,18H2,1H3,(H,28,32). The molecule has 0 aliphatic rings. The summed E-state index contributed by atoms with van der Waals surface area (Å²) in [5, 5.41) is 12.1. The fourth-order valence-electron chi connectivity index (χ4n) is 3.41. The third-order valence-electron chi connectivity index (χ3n) is 5.12. The van der Waals surface area contributed by atoms with Gasteiger partial charge in [-0.1, -0.05) is 47.7 Å². The van der Waals surface area contributed by atoms with Crippen molar-refractivity contribution in [2.75, 3.05) is 11.1 Å². The van der Waals surface area contributed by atoms with Crippen molar-refractivity contribution >= 4 is 23.4 Å². The molecule has 0 saturated carbocycles. The number of rotatable bonds is 8. The molecule has 174 valence electrons. The second-order valence-electron chi connectivity index (χ2n) is 7.73. The summed E-state index contributed by atoms with van der Waals surface area (Å²) in [6.45, 7) is 2.03. The predicted molar refractivity (Wildman–Crippen MR) is 136 cm³/mol. The zero-order valence-electron chi connectivity index (χ0n) is 18.9. The van der Waals surface area contributed by atoms with Gasteiger partial charge in [0.1, 0.15) is 11.5 Å². The number of furan rings is 1. The number of nitrogens with one attached hydrogen (secondary N) is 1. The van der Waals surface area contributed by atoms with Gasteiger partial charge in [0.2, 0.25) is 11.7 Å². The van der Waals surface area contributed by atoms with Crippen molar-refractivity contribution in [2.24, 2.45) is 0 Å². The minimum absolute atomic E-state index is 0.148. The minimum Gasteiger partial charge on any atom is -0.461 e. The molecule has 0 bridgehead atoms. The first-order chi connectivity index (χ1) is 17.2. The van der Waals surface area contributed by atoms with Gasteiger partial charge in [-0.15, -0.1) is 10.2 Å². The summed E-state index contributed by atoms with van der Waals surface area (Å²) in [5.41, 5.74) is 2.73. The summed E-state index contributed by atoms with van der Waals surface area (Å²) in [6, 6.07) is 28.5. The maximum atomic E-state index is 12.7. The van der Waals surface area contributed by atoms with Gasteiger partial charge in [0.15, 0.2) is 10.9 Å². The Balaban J connectivity index is 1.26. The second-order valence-corrected chi connectivity index (χ2v) is 8.67. The Morgan fingerprint density at radius 1 is 0.914 bits per heavy atom. The number of amides is 1. The van der Waals surface area contributed by atoms with Gasteiger partial charge < -0.3 is 14.5 Å². The summed E-state index contributed by atoms with van der Waals surface area (Å²) < 4.78 is 13.2. The molecule has 0 unspecified atom stereocenters. The van der Waals surface area contributed by atoms with Gasteiger partial charge in [0, 0.05) is 11.4 Å². The summed E-state index contributed by atoms with van der Waals surface area (Å²) in [7, 11) is 0. The summed E-state index contributed by atoms with van der Waals surface area (Å²) >= 11 is 1.31. The van der Waals surface area contributed by atoms with Crippen LogP contribution in [0.2, 0.25) is 0 Å². The van der Waals surface area contributed by atoms with Crippen LogP contribution >= 0.6 is 11.8 Å². The lowest BCUT2D eigenvalue weighted by Crippen LogP contribution is -2.14. The van der Waals surface area contributed by atoms with Gasteiger partial charge >= 0.3 is 0 Å². The second kappa shape index (κ2) is 10.3. The van der Waals surface area contributed by atoms with Gasteiger partial charge in [0.25, 0.3) is 0 Å². The van der Waals surface area contributed by atoms with E-state index in [4.69, 9.17) is 9.15 Å². The molecule has 5 rings (SSSR count). The van der Waals surface area contributed by atoms with Gasteiger partial charge in [-0.25, -0.2) is 0 Å². The fraction of sp³-hybridized carbons (Fsp3) is 0.0741. The smallest absolute Gasteiger partial charge is 0.234 e. The van der Waals surface area contributed by atoms with E-state index in [1.54, 1.807) is 12.3 Å². The van der Waals surface area contributed by atoms with Gasteiger partial charge in [-0.05, 0) is 67.6 Å². The van der Waals surface area contributed by atoms with E-state index in [1.165, 1.54) is 11.8 Å². The Morgan fingerprint density at radius 2 is 1.66 bits per heavy atom. The Morgan fingerprint density at radius 3 is 2.37 bits per heavy atom. The minimum atomic E-state index is -0.148. The lowest BCUT2D eigenvalue weighted by atomic mass is 10.2. The number of hydrogen-bond acceptors (Lipinski definition) is 6. The third kappa shape index (κ3) is 5.44. The lowest BCUT2D eigenvalue weighted by molar-refractivity contribution is -0.113. The molecule has 2 aromatic heterocycles. The Labute approximate surface area is 206 Å². The molecule has 0 aliphatic carbocycles. The molecule has 7 nitrogen and oxygen atoms in total. The summed E-state index contributed by atoms with van der Waals surface area (Å²) in [4.78, 5) is 12.7. The molecule has 0 spiro atoms. The molecule has 35 heavy (non-hydrogen) atoms. The van der Waals surface area contributed by atoms with Crippen LogP contribution in [0.1, 0.15) is 5.56 Å². The molecule has 0 atom stereocenters. The first-order valence-electron chi connectivity index (χ1n) is 11.0. The van der Waals surface area contributed by atoms with E-state index in [2.05, 4.69) is 15.5 Å². The molecule has 5 aromatic rings. The van der Waals surface area contributed by atoms with Crippen LogP contribution < -0.4 is 10.1 Å². The van der Waals surface area contributed by atoms with Crippen molar-refractivity contribution in [2.45, 2.75) is 12.1 Å². The number of para-hydroxylation sites is 1. The molecule has 1 N–H and O–H groups in total. The molecule has 8 heteroatoms. The summed E-state index contributed by atoms with van der Waals surface area (Å²) in [5.74, 6) is 2.66. The average Bonchev–Trinajstić information content (AvgIpc) is 3.55. The zero-order chi connectivity index (χ0) is 24.0. The van der Waals surface area contributed by atoms with E-state index in [1.807, 2.05) is 96.4 Å². The quantitative estimate of drug-likeness (QED) is 0.259. The van der Waals surface area contributed by atoms with Crippen LogP contribution in [-0.4, -0.2) is 26.4 Å². The van der Waals surface area contributed by atoms with E-state index in [-0.39, 0.29) is 11.7 Å². The molecule has 3 aromatic carbocycles. The monoisotopic (exact) mass is 482 g/mol. The zero-order valence-corrected chi connectivity index (χ0v) is 19.7. The molecule has 0 radical (unpaired) electrons. The first kappa shape index (κ1) is 22.5. The maximum absolute atomic E-state index is 12.7. The molecule has 2 heterocycles. The number of ether oxygens (including phenoxy) is 1. The van der Waals surface area contributed by atoms with E-state index >= 15 is 0 Å². The number of nitrogens with zero attached hydrogens (tertiary/aromatic N) is 3. The van der Waals surface area contributed by atoms with Gasteiger partial charge in [-0.3, -0.25) is 9.36 Å². The number of thioether (sulfide) groups is 1. The highest BCUT2D eigenvalue weighted by Gasteiger charge is 2.19. The number of aromatic nitrogens is 3. The lowest BCUT2D eigenvalue weighted by Gasteiger charge is -2.10. The van der Waals surface area contributed by atoms with Crippen LogP contribution in [0.15, 0.2) is 107 Å². The highest BCUT2D eigenvalue weighted by atomic mass is 32.2. The molecule has 1 amide bonds. The highest BCUT2D eigenvalue weighted by Crippen LogP contribution is 2.29. The maximum Gasteiger partial charge on any atom is 0.234 e. The number of carbonyl (C=O) groups is 1. The number of benzene rings is 3. The topological polar surface area (TPSA) is 82.2 Å². The molecule has 0 fully saturated rings. The van der Waals surface area contributed by atoms with Crippen molar-refractivity contribution < 1.29 is 13.9 Å². The van der Waals surface area contributed by atoms with E-state index in [9.17, 15) is 4.79 Å². The molecular weight excluding hydrogens is 460 g/mol. The van der Waals surface area contributed by atoms with Crippen molar-refractivity contribution in [1.82, 2.24) is 14.8 Å². The molecular formula is C27H22N4O3S. The van der Waals surface area contributed by atoms with Crippen molar-refractivity contribution in [3.05, 3.63) is 103 Å². The number of aryl methyl sites for hydroxylation is 1. The van der Waals surface area contributed by atoms with Crippen LogP contribution in [-0.2, 0) is 4.79 Å². The van der Waals surface area contributed by atoms with Gasteiger partial charge in [0.05, 0.1) is 12.0 Å². The van der Waals surface area contributed by atoms with E-state index in [0.717, 1.165) is 17.0 Å².